The fourth-order valence-corrected chi connectivity index (χ4v) is 3.79. The highest BCUT2D eigenvalue weighted by Crippen LogP contribution is 2.23. The second-order valence-corrected chi connectivity index (χ2v) is 7.01. The molecule has 2 fully saturated rings. The van der Waals surface area contributed by atoms with E-state index in [-0.39, 0.29) is 23.8 Å². The number of likely N-dealkylation sites (tertiary alicyclic amines) is 1. The molecule has 0 aromatic rings. The van der Waals surface area contributed by atoms with Crippen LogP contribution in [0, 0.1) is 11.8 Å². The topological polar surface area (TPSA) is 61.4 Å². The maximum absolute atomic E-state index is 12.6. The van der Waals surface area contributed by atoms with Crippen molar-refractivity contribution in [3.63, 3.8) is 0 Å². The van der Waals surface area contributed by atoms with Gasteiger partial charge in [0.2, 0.25) is 11.8 Å². The van der Waals surface area contributed by atoms with E-state index >= 15 is 0 Å². The minimum atomic E-state index is -0.0287. The van der Waals surface area contributed by atoms with Crippen LogP contribution in [0.5, 0.6) is 0 Å². The third-order valence-electron chi connectivity index (χ3n) is 5.24. The zero-order chi connectivity index (χ0) is 16.8. The predicted molar refractivity (Wildman–Crippen MR) is 91.9 cm³/mol. The van der Waals surface area contributed by atoms with Gasteiger partial charge in [-0.25, -0.2) is 0 Å². The van der Waals surface area contributed by atoms with Gasteiger partial charge < -0.3 is 15.5 Å². The van der Waals surface area contributed by atoms with Crippen LogP contribution in [-0.2, 0) is 9.59 Å². The van der Waals surface area contributed by atoms with E-state index in [4.69, 9.17) is 0 Å². The maximum Gasteiger partial charge on any atom is 0.245 e. The summed E-state index contributed by atoms with van der Waals surface area (Å²) in [5.41, 5.74) is 0. The molecule has 0 saturated carbocycles. The summed E-state index contributed by atoms with van der Waals surface area (Å²) in [6.45, 7) is 10.2. The van der Waals surface area contributed by atoms with Crippen LogP contribution in [0.25, 0.3) is 0 Å². The number of carbonyl (C=O) groups is 2. The largest absolute Gasteiger partial charge is 0.353 e. The molecule has 0 aromatic carbocycles. The standard InChI is InChI=1S/C18H31N3O2/c1-4-6-15-12-19-13(3)11-16(15)20-18(23)14-7-9-21(10-8-14)17(22)5-2/h5,13-16,19H,2,4,6-12H2,1,3H3,(H,20,23). The highest BCUT2D eigenvalue weighted by atomic mass is 16.2. The zero-order valence-electron chi connectivity index (χ0n) is 14.5. The molecule has 0 radical (unpaired) electrons. The lowest BCUT2D eigenvalue weighted by Crippen LogP contribution is -2.54. The molecular formula is C18H31N3O2. The van der Waals surface area contributed by atoms with Crippen molar-refractivity contribution in [2.45, 2.75) is 58.0 Å². The van der Waals surface area contributed by atoms with E-state index in [2.05, 4.69) is 31.1 Å². The van der Waals surface area contributed by atoms with E-state index in [0.717, 1.165) is 38.6 Å². The van der Waals surface area contributed by atoms with Crippen molar-refractivity contribution >= 4 is 11.8 Å². The molecule has 5 nitrogen and oxygen atoms in total. The van der Waals surface area contributed by atoms with Crippen molar-refractivity contribution < 1.29 is 9.59 Å². The lowest BCUT2D eigenvalue weighted by atomic mass is 9.85. The molecule has 2 aliphatic heterocycles. The lowest BCUT2D eigenvalue weighted by molar-refractivity contribution is -0.132. The number of nitrogens with zero attached hydrogens (tertiary/aromatic N) is 1. The molecule has 5 heteroatoms. The van der Waals surface area contributed by atoms with Gasteiger partial charge in [0.05, 0.1) is 0 Å². The summed E-state index contributed by atoms with van der Waals surface area (Å²) in [6.07, 6.45) is 6.16. The minimum Gasteiger partial charge on any atom is -0.353 e. The summed E-state index contributed by atoms with van der Waals surface area (Å²) in [6, 6.07) is 0.743. The number of nitrogens with one attached hydrogen (secondary N) is 2. The van der Waals surface area contributed by atoms with Gasteiger partial charge in [-0.2, -0.15) is 0 Å². The second-order valence-electron chi connectivity index (χ2n) is 7.01. The number of carbonyl (C=O) groups excluding carboxylic acids is 2. The monoisotopic (exact) mass is 321 g/mol. The Hall–Kier alpha value is -1.36. The highest BCUT2D eigenvalue weighted by Gasteiger charge is 2.32. The molecule has 0 aliphatic carbocycles. The summed E-state index contributed by atoms with van der Waals surface area (Å²) in [5, 5.41) is 6.83. The Kier molecular flexibility index (Phi) is 6.63. The highest BCUT2D eigenvalue weighted by molar-refractivity contribution is 5.87. The van der Waals surface area contributed by atoms with E-state index in [0.29, 0.717) is 25.0 Å². The van der Waals surface area contributed by atoms with Gasteiger partial charge in [0.1, 0.15) is 0 Å². The van der Waals surface area contributed by atoms with Crippen LogP contribution in [0.3, 0.4) is 0 Å². The average molecular weight is 321 g/mol. The predicted octanol–water partition coefficient (Wildman–Crippen LogP) is 1.69. The molecule has 2 rings (SSSR count). The molecule has 23 heavy (non-hydrogen) atoms. The quantitative estimate of drug-likeness (QED) is 0.758. The van der Waals surface area contributed by atoms with Crippen LogP contribution in [0.15, 0.2) is 12.7 Å². The van der Waals surface area contributed by atoms with Gasteiger partial charge in [0.25, 0.3) is 0 Å². The molecular weight excluding hydrogens is 290 g/mol. The van der Waals surface area contributed by atoms with Gasteiger partial charge in [-0.15, -0.1) is 0 Å². The van der Waals surface area contributed by atoms with E-state index < -0.39 is 0 Å². The lowest BCUT2D eigenvalue weighted by Gasteiger charge is -2.38. The molecule has 2 aliphatic rings. The van der Waals surface area contributed by atoms with Gasteiger partial charge >= 0.3 is 0 Å². The Bertz CT molecular complexity index is 430. The average Bonchev–Trinajstić information content (AvgIpc) is 2.57. The van der Waals surface area contributed by atoms with E-state index in [1.165, 1.54) is 6.08 Å². The van der Waals surface area contributed by atoms with Crippen molar-refractivity contribution in [2.75, 3.05) is 19.6 Å². The van der Waals surface area contributed by atoms with Crippen LogP contribution in [0.4, 0.5) is 0 Å². The van der Waals surface area contributed by atoms with Crippen LogP contribution in [-0.4, -0.2) is 48.4 Å². The van der Waals surface area contributed by atoms with Crippen molar-refractivity contribution in [1.29, 1.82) is 0 Å². The van der Waals surface area contributed by atoms with Crippen molar-refractivity contribution in [1.82, 2.24) is 15.5 Å². The summed E-state index contributed by atoms with van der Waals surface area (Å²) in [4.78, 5) is 26.0. The molecule has 0 aromatic heterocycles. The molecule has 0 bridgehead atoms. The first-order valence-electron chi connectivity index (χ1n) is 9.00. The van der Waals surface area contributed by atoms with Crippen LogP contribution in [0.2, 0.25) is 0 Å². The summed E-state index contributed by atoms with van der Waals surface area (Å²) in [7, 11) is 0. The Balaban J connectivity index is 1.85. The van der Waals surface area contributed by atoms with Gasteiger partial charge in [-0.05, 0) is 44.6 Å². The van der Waals surface area contributed by atoms with E-state index in [1.807, 2.05) is 0 Å². The molecule has 0 spiro atoms. The second kappa shape index (κ2) is 8.48. The van der Waals surface area contributed by atoms with Crippen LogP contribution in [0.1, 0.15) is 46.0 Å². The van der Waals surface area contributed by atoms with Crippen molar-refractivity contribution in [3.05, 3.63) is 12.7 Å². The smallest absolute Gasteiger partial charge is 0.245 e. The fourth-order valence-electron chi connectivity index (χ4n) is 3.79. The number of amides is 2. The van der Waals surface area contributed by atoms with Crippen molar-refractivity contribution in [2.24, 2.45) is 11.8 Å². The molecule has 3 unspecified atom stereocenters. The Labute approximate surface area is 139 Å². The van der Waals surface area contributed by atoms with Gasteiger partial charge in [0.15, 0.2) is 0 Å². The van der Waals surface area contributed by atoms with Gasteiger partial charge in [-0.1, -0.05) is 19.9 Å². The number of rotatable bonds is 5. The molecule has 3 atom stereocenters. The Morgan fingerprint density at radius 3 is 2.65 bits per heavy atom. The Morgan fingerprint density at radius 2 is 2.04 bits per heavy atom. The van der Waals surface area contributed by atoms with Gasteiger partial charge in [0, 0.05) is 37.6 Å². The third kappa shape index (κ3) is 4.80. The summed E-state index contributed by atoms with van der Waals surface area (Å²) < 4.78 is 0. The number of piperidine rings is 2. The molecule has 2 saturated heterocycles. The summed E-state index contributed by atoms with van der Waals surface area (Å²) >= 11 is 0. The van der Waals surface area contributed by atoms with Crippen LogP contribution < -0.4 is 10.6 Å². The SMILES string of the molecule is C=CC(=O)N1CCC(C(=O)NC2CC(C)NCC2CCC)CC1. The number of hydrogen-bond donors (Lipinski definition) is 2. The molecule has 2 amide bonds. The van der Waals surface area contributed by atoms with E-state index in [1.54, 1.807) is 4.90 Å². The van der Waals surface area contributed by atoms with E-state index in [9.17, 15) is 9.59 Å². The van der Waals surface area contributed by atoms with Crippen molar-refractivity contribution in [3.8, 4) is 0 Å². The Morgan fingerprint density at radius 1 is 1.35 bits per heavy atom. The first-order chi connectivity index (χ1) is 11.0. The minimum absolute atomic E-state index is 0.0287. The number of hydrogen-bond acceptors (Lipinski definition) is 3. The summed E-state index contributed by atoms with van der Waals surface area (Å²) in [5.74, 6) is 0.717. The normalized spacial score (nSPS) is 29.1. The first-order valence-corrected chi connectivity index (χ1v) is 9.00. The molecule has 130 valence electrons. The zero-order valence-corrected chi connectivity index (χ0v) is 14.5. The fraction of sp³-hybridized carbons (Fsp3) is 0.778. The molecule has 2 N–H and O–H groups in total. The maximum atomic E-state index is 12.6. The van der Waals surface area contributed by atoms with Gasteiger partial charge in [-0.3, -0.25) is 9.59 Å². The molecule has 2 heterocycles. The third-order valence-corrected chi connectivity index (χ3v) is 5.24. The first kappa shape index (κ1) is 18.0. The van der Waals surface area contributed by atoms with Crippen LogP contribution >= 0.6 is 0 Å².